The van der Waals surface area contributed by atoms with E-state index in [4.69, 9.17) is 0 Å². The molecule has 0 radical (unpaired) electrons. The lowest BCUT2D eigenvalue weighted by molar-refractivity contribution is -0.135. The van der Waals surface area contributed by atoms with Crippen LogP contribution in [0.15, 0.2) is 30.3 Å². The Hall–Kier alpha value is -2.70. The fraction of sp³-hybridized carbons (Fsp3) is 0.533. The number of hydrogen-bond acceptors (Lipinski definition) is 4. The molecule has 3 aromatic rings. The summed E-state index contributed by atoms with van der Waals surface area (Å²) < 4.78 is 0. The largest absolute Gasteiger partial charge is 0.391 e. The number of carbonyl (C=O) groups excluding carboxylic acids is 1. The summed E-state index contributed by atoms with van der Waals surface area (Å²) in [6, 6.07) is 11.3. The average molecular weight is 489 g/mol. The van der Waals surface area contributed by atoms with Crippen LogP contribution in [-0.2, 0) is 4.79 Å². The quantitative estimate of drug-likeness (QED) is 0.522. The molecule has 5 rings (SSSR count). The first-order chi connectivity index (χ1) is 17.3. The minimum atomic E-state index is -0.361. The molecule has 4 heterocycles. The third-order valence-electron chi connectivity index (χ3n) is 7.98. The van der Waals surface area contributed by atoms with Crippen LogP contribution in [0.2, 0.25) is 0 Å². The Morgan fingerprint density at radius 2 is 1.81 bits per heavy atom. The van der Waals surface area contributed by atoms with Crippen LogP contribution < -0.4 is 0 Å². The van der Waals surface area contributed by atoms with Crippen LogP contribution in [0.3, 0.4) is 0 Å². The van der Waals surface area contributed by atoms with Gasteiger partial charge < -0.3 is 15.0 Å². The van der Waals surface area contributed by atoms with Gasteiger partial charge in [0.1, 0.15) is 0 Å². The van der Waals surface area contributed by atoms with Crippen molar-refractivity contribution in [2.75, 3.05) is 32.7 Å². The summed E-state index contributed by atoms with van der Waals surface area (Å²) in [5.74, 6) is 1.08. The van der Waals surface area contributed by atoms with Crippen molar-refractivity contribution >= 4 is 16.8 Å². The van der Waals surface area contributed by atoms with Crippen LogP contribution in [0.5, 0.6) is 0 Å². The van der Waals surface area contributed by atoms with E-state index in [0.29, 0.717) is 24.9 Å². The number of benzene rings is 1. The summed E-state index contributed by atoms with van der Waals surface area (Å²) >= 11 is 0. The predicted octanol–water partition coefficient (Wildman–Crippen LogP) is 5.13. The summed E-state index contributed by atoms with van der Waals surface area (Å²) in [6.07, 6.45) is 3.48. The number of likely N-dealkylation sites (tertiary alicyclic amines) is 2. The molecular formula is C30H40N4O2. The van der Waals surface area contributed by atoms with Gasteiger partial charge in [-0.1, -0.05) is 19.9 Å². The first-order valence-corrected chi connectivity index (χ1v) is 13.6. The molecule has 1 unspecified atom stereocenters. The Morgan fingerprint density at radius 3 is 2.47 bits per heavy atom. The molecular weight excluding hydrogens is 448 g/mol. The molecule has 2 aliphatic heterocycles. The molecule has 0 spiro atoms. The topological polar surface area (TPSA) is 72.5 Å². The molecule has 6 nitrogen and oxygen atoms in total. The molecule has 0 saturated carbocycles. The van der Waals surface area contributed by atoms with Crippen molar-refractivity contribution in [1.82, 2.24) is 19.8 Å². The fourth-order valence-corrected chi connectivity index (χ4v) is 6.19. The highest BCUT2D eigenvalue weighted by Gasteiger charge is 2.27. The number of pyridine rings is 1. The Labute approximate surface area is 214 Å². The van der Waals surface area contributed by atoms with E-state index < -0.39 is 0 Å². The van der Waals surface area contributed by atoms with Gasteiger partial charge in [0, 0.05) is 40.9 Å². The average Bonchev–Trinajstić information content (AvgIpc) is 3.23. The lowest BCUT2D eigenvalue weighted by Gasteiger charge is -2.35. The molecule has 2 aromatic heterocycles. The maximum absolute atomic E-state index is 12.7. The second-order valence-electron chi connectivity index (χ2n) is 11.2. The van der Waals surface area contributed by atoms with Crippen LogP contribution in [0, 0.1) is 13.8 Å². The highest BCUT2D eigenvalue weighted by molar-refractivity contribution is 5.92. The summed E-state index contributed by atoms with van der Waals surface area (Å²) in [5, 5.41) is 11.2. The van der Waals surface area contributed by atoms with Gasteiger partial charge >= 0.3 is 0 Å². The third kappa shape index (κ3) is 5.21. The number of H-pyrrole nitrogens is 1. The van der Waals surface area contributed by atoms with Gasteiger partial charge in [-0.05, 0) is 99.8 Å². The minimum absolute atomic E-state index is 0.164. The van der Waals surface area contributed by atoms with Gasteiger partial charge in [-0.15, -0.1) is 0 Å². The van der Waals surface area contributed by atoms with Crippen LogP contribution in [-0.4, -0.2) is 69.6 Å². The highest BCUT2D eigenvalue weighted by atomic mass is 16.3. The van der Waals surface area contributed by atoms with Gasteiger partial charge in [0.05, 0.1) is 18.3 Å². The summed E-state index contributed by atoms with van der Waals surface area (Å²) in [7, 11) is 0. The van der Waals surface area contributed by atoms with Gasteiger partial charge in [0.2, 0.25) is 5.91 Å². The smallest absolute Gasteiger partial charge is 0.236 e. The van der Waals surface area contributed by atoms with E-state index in [1.54, 1.807) is 0 Å². The van der Waals surface area contributed by atoms with E-state index in [9.17, 15) is 9.90 Å². The molecule has 1 atom stereocenters. The molecule has 0 aliphatic carbocycles. The van der Waals surface area contributed by atoms with E-state index in [0.717, 1.165) is 56.7 Å². The lowest BCUT2D eigenvalue weighted by atomic mass is 9.87. The Kier molecular flexibility index (Phi) is 7.18. The van der Waals surface area contributed by atoms with Crippen molar-refractivity contribution in [3.05, 3.63) is 52.8 Å². The van der Waals surface area contributed by atoms with E-state index in [2.05, 4.69) is 72.9 Å². The number of aromatic amines is 1. The number of piperidine rings is 2. The SMILES string of the molecule is Cc1cc(-c2[nH]c3ccc(C4CCN(CC(=O)N5CCCC(O)C5)CC4)cc3c2C(C)C)cc(C)n1. The Bertz CT molecular complexity index is 1220. The fourth-order valence-electron chi connectivity index (χ4n) is 6.19. The van der Waals surface area contributed by atoms with Crippen molar-refractivity contribution in [3.8, 4) is 11.3 Å². The van der Waals surface area contributed by atoms with Crippen LogP contribution in [0.1, 0.15) is 73.9 Å². The zero-order chi connectivity index (χ0) is 25.4. The molecule has 2 N–H and O–H groups in total. The van der Waals surface area contributed by atoms with Gasteiger partial charge in [-0.2, -0.15) is 0 Å². The summed E-state index contributed by atoms with van der Waals surface area (Å²) in [6.45, 7) is 12.3. The van der Waals surface area contributed by atoms with E-state index >= 15 is 0 Å². The standard InChI is InChI=1S/C30H40N4O2/c1-19(2)29-26-16-23(7-8-27(26)32-30(29)24-14-20(3)31-21(4)15-24)22-9-12-33(13-10-22)18-28(36)34-11-5-6-25(35)17-34/h7-8,14-16,19,22,25,32,35H,5-6,9-13,17-18H2,1-4H3. The number of nitrogens with one attached hydrogen (secondary N) is 1. The summed E-state index contributed by atoms with van der Waals surface area (Å²) in [4.78, 5) is 25.2. The van der Waals surface area contributed by atoms with Gasteiger partial charge in [-0.3, -0.25) is 14.7 Å². The zero-order valence-corrected chi connectivity index (χ0v) is 22.2. The van der Waals surface area contributed by atoms with Gasteiger partial charge in [0.25, 0.3) is 0 Å². The van der Waals surface area contributed by atoms with E-state index in [1.807, 2.05) is 4.90 Å². The van der Waals surface area contributed by atoms with E-state index in [-0.39, 0.29) is 12.0 Å². The second kappa shape index (κ2) is 10.3. The van der Waals surface area contributed by atoms with Crippen molar-refractivity contribution in [1.29, 1.82) is 0 Å². The maximum atomic E-state index is 12.7. The third-order valence-corrected chi connectivity index (χ3v) is 7.98. The van der Waals surface area contributed by atoms with Gasteiger partial charge in [-0.25, -0.2) is 0 Å². The van der Waals surface area contributed by atoms with Crippen molar-refractivity contribution in [2.45, 2.75) is 71.3 Å². The molecule has 2 fully saturated rings. The molecule has 0 bridgehead atoms. The predicted molar refractivity (Wildman–Crippen MR) is 145 cm³/mol. The van der Waals surface area contributed by atoms with Crippen molar-refractivity contribution in [2.24, 2.45) is 0 Å². The molecule has 192 valence electrons. The first kappa shape index (κ1) is 25.0. The van der Waals surface area contributed by atoms with Crippen molar-refractivity contribution < 1.29 is 9.90 Å². The lowest BCUT2D eigenvalue weighted by Crippen LogP contribution is -2.47. The number of aryl methyl sites for hydroxylation is 2. The highest BCUT2D eigenvalue weighted by Crippen LogP contribution is 2.38. The number of hydrogen-bond donors (Lipinski definition) is 2. The number of aliphatic hydroxyl groups excluding tert-OH is 1. The number of fused-ring (bicyclic) bond motifs is 1. The second-order valence-corrected chi connectivity index (χ2v) is 11.2. The number of aliphatic hydroxyl groups is 1. The maximum Gasteiger partial charge on any atom is 0.236 e. The van der Waals surface area contributed by atoms with Crippen LogP contribution >= 0.6 is 0 Å². The number of β-amino-alcohol motifs (C(OH)–C–C–N with tert-alkyl or cyclic N) is 1. The molecule has 1 aromatic carbocycles. The number of amides is 1. The first-order valence-electron chi connectivity index (χ1n) is 13.6. The van der Waals surface area contributed by atoms with Crippen LogP contribution in [0.4, 0.5) is 0 Å². The minimum Gasteiger partial charge on any atom is -0.391 e. The molecule has 2 aliphatic rings. The molecule has 6 heteroatoms. The number of nitrogens with zero attached hydrogens (tertiary/aromatic N) is 3. The number of rotatable bonds is 5. The molecule has 2 saturated heterocycles. The monoisotopic (exact) mass is 488 g/mol. The number of aromatic nitrogens is 2. The zero-order valence-electron chi connectivity index (χ0n) is 22.2. The normalized spacial score (nSPS) is 19.9. The van der Waals surface area contributed by atoms with Crippen molar-refractivity contribution in [3.63, 3.8) is 0 Å². The Morgan fingerprint density at radius 1 is 1.08 bits per heavy atom. The summed E-state index contributed by atoms with van der Waals surface area (Å²) in [5.41, 5.74) is 8.48. The molecule has 36 heavy (non-hydrogen) atoms. The van der Waals surface area contributed by atoms with Crippen LogP contribution in [0.25, 0.3) is 22.2 Å². The van der Waals surface area contributed by atoms with Gasteiger partial charge in [0.15, 0.2) is 0 Å². The number of carbonyl (C=O) groups is 1. The van der Waals surface area contributed by atoms with E-state index in [1.165, 1.54) is 33.3 Å². The Balaban J connectivity index is 1.32. The molecule has 1 amide bonds.